The molecular formula is C15H24ClNOS. The van der Waals surface area contributed by atoms with Crippen molar-refractivity contribution < 1.29 is 4.74 Å². The van der Waals surface area contributed by atoms with E-state index in [1.807, 2.05) is 30.0 Å². The molecule has 0 aliphatic rings. The van der Waals surface area contributed by atoms with Crippen LogP contribution in [0.3, 0.4) is 0 Å². The smallest absolute Gasteiger partial charge is 0.125 e. The van der Waals surface area contributed by atoms with Gasteiger partial charge in [0.15, 0.2) is 0 Å². The van der Waals surface area contributed by atoms with Gasteiger partial charge in [-0.05, 0) is 43.0 Å². The van der Waals surface area contributed by atoms with E-state index in [2.05, 4.69) is 19.2 Å². The van der Waals surface area contributed by atoms with E-state index in [0.717, 1.165) is 54.6 Å². The highest BCUT2D eigenvalue weighted by Gasteiger charge is 2.07. The Bertz CT molecular complexity index is 360. The first kappa shape index (κ1) is 16.7. The number of thioether (sulfide) groups is 1. The monoisotopic (exact) mass is 301 g/mol. The van der Waals surface area contributed by atoms with Gasteiger partial charge >= 0.3 is 0 Å². The largest absolute Gasteiger partial charge is 0.493 e. The molecule has 0 aliphatic carbocycles. The van der Waals surface area contributed by atoms with Gasteiger partial charge < -0.3 is 10.1 Å². The normalized spacial score (nSPS) is 10.7. The van der Waals surface area contributed by atoms with Crippen molar-refractivity contribution in [1.29, 1.82) is 0 Å². The van der Waals surface area contributed by atoms with Crippen molar-refractivity contribution in [2.24, 2.45) is 0 Å². The molecule has 1 rings (SSSR count). The van der Waals surface area contributed by atoms with Crippen LogP contribution in [0.4, 0.5) is 0 Å². The van der Waals surface area contributed by atoms with E-state index in [4.69, 9.17) is 16.3 Å². The van der Waals surface area contributed by atoms with Crippen LogP contribution in [0.2, 0.25) is 5.02 Å². The Hall–Kier alpha value is -0.380. The van der Waals surface area contributed by atoms with E-state index in [1.165, 1.54) is 5.75 Å². The molecule has 1 aromatic carbocycles. The first-order chi connectivity index (χ1) is 9.29. The lowest BCUT2D eigenvalue weighted by Crippen LogP contribution is -2.15. The number of halogens is 1. The van der Waals surface area contributed by atoms with Crippen LogP contribution in [0, 0.1) is 0 Å². The minimum atomic E-state index is 0.758. The average Bonchev–Trinajstić information content (AvgIpc) is 2.41. The van der Waals surface area contributed by atoms with E-state index < -0.39 is 0 Å². The number of nitrogens with one attached hydrogen (secondary N) is 1. The SMILES string of the molecule is CCCNCc1c(Cl)cccc1OCCCSCC. The second-order valence-electron chi connectivity index (χ2n) is 4.29. The minimum Gasteiger partial charge on any atom is -0.493 e. The maximum absolute atomic E-state index is 6.25. The molecule has 0 aromatic heterocycles. The molecule has 0 atom stereocenters. The molecule has 108 valence electrons. The minimum absolute atomic E-state index is 0.758. The van der Waals surface area contributed by atoms with Gasteiger partial charge in [0, 0.05) is 17.1 Å². The zero-order valence-corrected chi connectivity index (χ0v) is 13.4. The molecule has 1 aromatic rings. The summed E-state index contributed by atoms with van der Waals surface area (Å²) < 4.78 is 5.86. The van der Waals surface area contributed by atoms with Gasteiger partial charge in [-0.2, -0.15) is 11.8 Å². The molecule has 0 heterocycles. The number of rotatable bonds is 10. The van der Waals surface area contributed by atoms with Crippen molar-refractivity contribution in [2.75, 3.05) is 24.7 Å². The third kappa shape index (κ3) is 6.55. The highest BCUT2D eigenvalue weighted by Crippen LogP contribution is 2.26. The summed E-state index contributed by atoms with van der Waals surface area (Å²) in [5.74, 6) is 3.24. The van der Waals surface area contributed by atoms with Gasteiger partial charge in [-0.3, -0.25) is 0 Å². The summed E-state index contributed by atoms with van der Waals surface area (Å²) in [7, 11) is 0. The Labute approximate surface area is 126 Å². The van der Waals surface area contributed by atoms with Crippen molar-refractivity contribution in [3.63, 3.8) is 0 Å². The van der Waals surface area contributed by atoms with Crippen molar-refractivity contribution in [3.05, 3.63) is 28.8 Å². The summed E-state index contributed by atoms with van der Waals surface area (Å²) >= 11 is 8.20. The first-order valence-corrected chi connectivity index (χ1v) is 8.51. The zero-order valence-electron chi connectivity index (χ0n) is 11.9. The van der Waals surface area contributed by atoms with E-state index in [9.17, 15) is 0 Å². The molecule has 0 spiro atoms. The van der Waals surface area contributed by atoms with E-state index in [-0.39, 0.29) is 0 Å². The number of benzene rings is 1. The van der Waals surface area contributed by atoms with Crippen molar-refractivity contribution in [3.8, 4) is 5.75 Å². The van der Waals surface area contributed by atoms with Crippen molar-refractivity contribution in [2.45, 2.75) is 33.2 Å². The van der Waals surface area contributed by atoms with Crippen molar-refractivity contribution >= 4 is 23.4 Å². The molecule has 0 fully saturated rings. The molecule has 19 heavy (non-hydrogen) atoms. The predicted molar refractivity (Wildman–Crippen MR) is 86.6 cm³/mol. The quantitative estimate of drug-likeness (QED) is 0.649. The van der Waals surface area contributed by atoms with Gasteiger partial charge in [0.2, 0.25) is 0 Å². The van der Waals surface area contributed by atoms with Gasteiger partial charge in [-0.15, -0.1) is 0 Å². The molecule has 0 saturated carbocycles. The maximum Gasteiger partial charge on any atom is 0.125 e. The van der Waals surface area contributed by atoms with Crippen LogP contribution in [0.5, 0.6) is 5.75 Å². The highest BCUT2D eigenvalue weighted by molar-refractivity contribution is 7.99. The lowest BCUT2D eigenvalue weighted by molar-refractivity contribution is 0.314. The second kappa shape index (κ2) is 10.4. The molecule has 0 saturated heterocycles. The van der Waals surface area contributed by atoms with Gasteiger partial charge in [0.25, 0.3) is 0 Å². The van der Waals surface area contributed by atoms with Crippen LogP contribution in [0.15, 0.2) is 18.2 Å². The fourth-order valence-corrected chi connectivity index (χ4v) is 2.57. The summed E-state index contributed by atoms with van der Waals surface area (Å²) in [5.41, 5.74) is 1.07. The average molecular weight is 302 g/mol. The third-order valence-electron chi connectivity index (χ3n) is 2.70. The molecule has 4 heteroatoms. The summed E-state index contributed by atoms with van der Waals surface area (Å²) in [5, 5.41) is 4.16. The molecule has 0 unspecified atom stereocenters. The molecule has 0 radical (unpaired) electrons. The Kier molecular flexibility index (Phi) is 9.14. The topological polar surface area (TPSA) is 21.3 Å². The molecule has 0 amide bonds. The summed E-state index contributed by atoms with van der Waals surface area (Å²) in [6.45, 7) is 6.86. The predicted octanol–water partition coefficient (Wildman–Crippen LogP) is 4.36. The molecule has 1 N–H and O–H groups in total. The van der Waals surface area contributed by atoms with Gasteiger partial charge in [0.1, 0.15) is 5.75 Å². The second-order valence-corrected chi connectivity index (χ2v) is 6.09. The zero-order chi connectivity index (χ0) is 13.9. The first-order valence-electron chi connectivity index (χ1n) is 6.98. The molecule has 0 bridgehead atoms. The molecular weight excluding hydrogens is 278 g/mol. The van der Waals surface area contributed by atoms with Crippen LogP contribution in [0.1, 0.15) is 32.3 Å². The van der Waals surface area contributed by atoms with Crippen LogP contribution in [-0.2, 0) is 6.54 Å². The Morgan fingerprint density at radius 1 is 1.32 bits per heavy atom. The standard InChI is InChI=1S/C15H24ClNOS/c1-3-9-17-12-13-14(16)7-5-8-15(13)18-10-6-11-19-4-2/h5,7-8,17H,3-4,6,9-12H2,1-2H3. The lowest BCUT2D eigenvalue weighted by atomic mass is 10.2. The van der Waals surface area contributed by atoms with E-state index in [0.29, 0.717) is 0 Å². The Morgan fingerprint density at radius 3 is 2.89 bits per heavy atom. The third-order valence-corrected chi connectivity index (χ3v) is 4.04. The number of ether oxygens (including phenoxy) is 1. The fourth-order valence-electron chi connectivity index (χ4n) is 1.72. The van der Waals surface area contributed by atoms with Gasteiger partial charge in [-0.25, -0.2) is 0 Å². The summed E-state index contributed by atoms with van der Waals surface area (Å²) in [6.07, 6.45) is 2.20. The number of hydrogen-bond donors (Lipinski definition) is 1. The number of hydrogen-bond acceptors (Lipinski definition) is 3. The Morgan fingerprint density at radius 2 is 2.16 bits per heavy atom. The maximum atomic E-state index is 6.25. The van der Waals surface area contributed by atoms with Gasteiger partial charge in [-0.1, -0.05) is 31.5 Å². The molecule has 0 aliphatic heterocycles. The van der Waals surface area contributed by atoms with E-state index >= 15 is 0 Å². The fraction of sp³-hybridized carbons (Fsp3) is 0.600. The van der Waals surface area contributed by atoms with Crippen LogP contribution < -0.4 is 10.1 Å². The van der Waals surface area contributed by atoms with Crippen LogP contribution in [0.25, 0.3) is 0 Å². The van der Waals surface area contributed by atoms with Crippen LogP contribution >= 0.6 is 23.4 Å². The molecule has 2 nitrogen and oxygen atoms in total. The summed E-state index contributed by atoms with van der Waals surface area (Å²) in [4.78, 5) is 0. The highest BCUT2D eigenvalue weighted by atomic mass is 35.5. The van der Waals surface area contributed by atoms with E-state index in [1.54, 1.807) is 0 Å². The lowest BCUT2D eigenvalue weighted by Gasteiger charge is -2.13. The van der Waals surface area contributed by atoms with Crippen LogP contribution in [-0.4, -0.2) is 24.7 Å². The van der Waals surface area contributed by atoms with Crippen molar-refractivity contribution in [1.82, 2.24) is 5.32 Å². The summed E-state index contributed by atoms with van der Waals surface area (Å²) in [6, 6.07) is 5.87. The van der Waals surface area contributed by atoms with Gasteiger partial charge in [0.05, 0.1) is 6.61 Å². The Balaban J connectivity index is 2.48.